The Labute approximate surface area is 113 Å². The third-order valence-corrected chi connectivity index (χ3v) is 2.31. The number of hydrogen-bond donors (Lipinski definition) is 2. The van der Waals surface area contributed by atoms with E-state index in [4.69, 9.17) is 10.5 Å². The quantitative estimate of drug-likeness (QED) is 0.864. The first kappa shape index (κ1) is 15.4. The summed E-state index contributed by atoms with van der Waals surface area (Å²) in [5.41, 5.74) is 5.25. The van der Waals surface area contributed by atoms with Crippen LogP contribution in [0.5, 0.6) is 0 Å². The van der Waals surface area contributed by atoms with Crippen molar-refractivity contribution in [1.82, 2.24) is 0 Å². The number of ether oxygens (including phenoxy) is 1. The van der Waals surface area contributed by atoms with Gasteiger partial charge in [0.05, 0.1) is 0 Å². The fourth-order valence-corrected chi connectivity index (χ4v) is 1.52. The standard InChI is InChI=1S/C14H21FN2O2/c1-13(2,3)19-12(18)17-9-6-7-11(15)10(8-9)14(4,5)16/h6-8H,16H2,1-5H3,(H,17,18). The van der Waals surface area contributed by atoms with Gasteiger partial charge in [-0.1, -0.05) is 0 Å². The molecule has 5 heteroatoms. The number of benzene rings is 1. The molecule has 1 rings (SSSR count). The number of anilines is 1. The van der Waals surface area contributed by atoms with Crippen LogP contribution in [0.4, 0.5) is 14.9 Å². The Bertz CT molecular complexity index is 473. The first-order valence-electron chi connectivity index (χ1n) is 6.08. The van der Waals surface area contributed by atoms with Gasteiger partial charge in [0.2, 0.25) is 0 Å². The third kappa shape index (κ3) is 4.87. The Morgan fingerprint density at radius 1 is 1.26 bits per heavy atom. The molecule has 1 amide bonds. The summed E-state index contributed by atoms with van der Waals surface area (Å²) >= 11 is 0. The minimum absolute atomic E-state index is 0.334. The monoisotopic (exact) mass is 268 g/mol. The van der Waals surface area contributed by atoms with Gasteiger partial charge < -0.3 is 10.5 Å². The summed E-state index contributed by atoms with van der Waals surface area (Å²) in [6, 6.07) is 4.25. The van der Waals surface area contributed by atoms with E-state index in [1.165, 1.54) is 18.2 Å². The van der Waals surface area contributed by atoms with Crippen molar-refractivity contribution in [3.63, 3.8) is 0 Å². The smallest absolute Gasteiger partial charge is 0.412 e. The van der Waals surface area contributed by atoms with E-state index < -0.39 is 23.1 Å². The normalized spacial score (nSPS) is 12.2. The van der Waals surface area contributed by atoms with Crippen LogP contribution in [0.1, 0.15) is 40.2 Å². The van der Waals surface area contributed by atoms with Crippen LogP contribution in [0.25, 0.3) is 0 Å². The number of nitrogens with two attached hydrogens (primary N) is 1. The molecule has 0 aliphatic carbocycles. The SMILES string of the molecule is CC(C)(C)OC(=O)Nc1ccc(F)c(C(C)(C)N)c1. The van der Waals surface area contributed by atoms with Crippen LogP contribution >= 0.6 is 0 Å². The van der Waals surface area contributed by atoms with Crippen molar-refractivity contribution in [3.05, 3.63) is 29.6 Å². The summed E-state index contributed by atoms with van der Waals surface area (Å²) in [5, 5.41) is 2.55. The highest BCUT2D eigenvalue weighted by Crippen LogP contribution is 2.24. The zero-order valence-electron chi connectivity index (χ0n) is 12.0. The number of carbonyl (C=O) groups is 1. The minimum Gasteiger partial charge on any atom is -0.444 e. The predicted octanol–water partition coefficient (Wildman–Crippen LogP) is 3.37. The summed E-state index contributed by atoms with van der Waals surface area (Å²) < 4.78 is 18.8. The van der Waals surface area contributed by atoms with Gasteiger partial charge in [0.1, 0.15) is 11.4 Å². The van der Waals surface area contributed by atoms with E-state index in [0.717, 1.165) is 0 Å². The fourth-order valence-electron chi connectivity index (χ4n) is 1.52. The van der Waals surface area contributed by atoms with Gasteiger partial charge in [-0.3, -0.25) is 5.32 Å². The molecule has 106 valence electrons. The van der Waals surface area contributed by atoms with Crippen molar-refractivity contribution in [2.24, 2.45) is 5.73 Å². The maximum absolute atomic E-state index is 13.7. The molecular formula is C14H21FN2O2. The Morgan fingerprint density at radius 2 is 1.84 bits per heavy atom. The van der Waals surface area contributed by atoms with Gasteiger partial charge in [0.25, 0.3) is 0 Å². The Balaban J connectivity index is 2.89. The van der Waals surface area contributed by atoms with Gasteiger partial charge in [-0.15, -0.1) is 0 Å². The lowest BCUT2D eigenvalue weighted by Gasteiger charge is -2.22. The van der Waals surface area contributed by atoms with E-state index in [1.807, 2.05) is 0 Å². The fraction of sp³-hybridized carbons (Fsp3) is 0.500. The van der Waals surface area contributed by atoms with Crippen LogP contribution < -0.4 is 11.1 Å². The number of amides is 1. The molecule has 0 heterocycles. The van der Waals surface area contributed by atoms with Crippen molar-refractivity contribution in [2.75, 3.05) is 5.32 Å². The summed E-state index contributed by atoms with van der Waals surface area (Å²) in [6.07, 6.45) is -0.583. The second-order valence-electron chi connectivity index (χ2n) is 6.04. The maximum Gasteiger partial charge on any atom is 0.412 e. The highest BCUT2D eigenvalue weighted by molar-refractivity contribution is 5.85. The van der Waals surface area contributed by atoms with E-state index in [9.17, 15) is 9.18 Å². The highest BCUT2D eigenvalue weighted by atomic mass is 19.1. The molecule has 3 N–H and O–H groups in total. The molecule has 0 aliphatic rings. The average molecular weight is 268 g/mol. The first-order valence-corrected chi connectivity index (χ1v) is 6.08. The minimum atomic E-state index is -0.824. The molecule has 1 aromatic carbocycles. The van der Waals surface area contributed by atoms with Gasteiger partial charge >= 0.3 is 6.09 Å². The molecule has 19 heavy (non-hydrogen) atoms. The first-order chi connectivity index (χ1) is 8.49. The summed E-state index contributed by atoms with van der Waals surface area (Å²) in [5.74, 6) is -0.401. The number of halogens is 1. The third-order valence-electron chi connectivity index (χ3n) is 2.31. The molecule has 0 radical (unpaired) electrons. The molecule has 0 saturated carbocycles. The topological polar surface area (TPSA) is 64.3 Å². The van der Waals surface area contributed by atoms with Crippen LogP contribution in [-0.2, 0) is 10.3 Å². The lowest BCUT2D eigenvalue weighted by atomic mass is 9.94. The summed E-state index contributed by atoms with van der Waals surface area (Å²) in [7, 11) is 0. The van der Waals surface area contributed by atoms with E-state index in [0.29, 0.717) is 11.3 Å². The summed E-state index contributed by atoms with van der Waals surface area (Å²) in [6.45, 7) is 8.70. The molecule has 0 aliphatic heterocycles. The second kappa shape index (κ2) is 5.17. The largest absolute Gasteiger partial charge is 0.444 e. The molecular weight excluding hydrogens is 247 g/mol. The van der Waals surface area contributed by atoms with Crippen molar-refractivity contribution in [3.8, 4) is 0 Å². The van der Waals surface area contributed by atoms with E-state index in [1.54, 1.807) is 34.6 Å². The zero-order valence-corrected chi connectivity index (χ0v) is 12.0. The molecule has 0 spiro atoms. The highest BCUT2D eigenvalue weighted by Gasteiger charge is 2.21. The van der Waals surface area contributed by atoms with Crippen molar-refractivity contribution in [2.45, 2.75) is 45.8 Å². The molecule has 0 saturated heterocycles. The molecule has 0 bridgehead atoms. The second-order valence-corrected chi connectivity index (χ2v) is 6.04. The Morgan fingerprint density at radius 3 is 2.32 bits per heavy atom. The maximum atomic E-state index is 13.7. The number of hydrogen-bond acceptors (Lipinski definition) is 3. The van der Waals surface area contributed by atoms with Gasteiger partial charge in [-0.2, -0.15) is 0 Å². The van der Waals surface area contributed by atoms with E-state index >= 15 is 0 Å². The number of carbonyl (C=O) groups excluding carboxylic acids is 1. The van der Waals surface area contributed by atoms with Crippen LogP contribution in [0.2, 0.25) is 0 Å². The van der Waals surface area contributed by atoms with Crippen molar-refractivity contribution in [1.29, 1.82) is 0 Å². The summed E-state index contributed by atoms with van der Waals surface area (Å²) in [4.78, 5) is 11.6. The molecule has 0 fully saturated rings. The van der Waals surface area contributed by atoms with Gasteiger partial charge in [0.15, 0.2) is 0 Å². The Kier molecular flexibility index (Phi) is 4.20. The Hall–Kier alpha value is -1.62. The lowest BCUT2D eigenvalue weighted by molar-refractivity contribution is 0.0636. The lowest BCUT2D eigenvalue weighted by Crippen LogP contribution is -2.30. The van der Waals surface area contributed by atoms with Gasteiger partial charge in [-0.05, 0) is 52.8 Å². The molecule has 0 aromatic heterocycles. The van der Waals surface area contributed by atoms with Crippen LogP contribution in [0, 0.1) is 5.82 Å². The number of nitrogens with one attached hydrogen (secondary N) is 1. The van der Waals surface area contributed by atoms with Crippen LogP contribution in [-0.4, -0.2) is 11.7 Å². The van der Waals surface area contributed by atoms with Crippen LogP contribution in [0.15, 0.2) is 18.2 Å². The van der Waals surface area contributed by atoms with Gasteiger partial charge in [0, 0.05) is 16.8 Å². The van der Waals surface area contributed by atoms with Crippen molar-refractivity contribution < 1.29 is 13.9 Å². The van der Waals surface area contributed by atoms with E-state index in [-0.39, 0.29) is 0 Å². The van der Waals surface area contributed by atoms with E-state index in [2.05, 4.69) is 5.32 Å². The van der Waals surface area contributed by atoms with Gasteiger partial charge in [-0.25, -0.2) is 9.18 Å². The van der Waals surface area contributed by atoms with Crippen LogP contribution in [0.3, 0.4) is 0 Å². The molecule has 1 aromatic rings. The molecule has 4 nitrogen and oxygen atoms in total. The average Bonchev–Trinajstić information content (AvgIpc) is 2.16. The zero-order chi connectivity index (χ0) is 14.8. The predicted molar refractivity (Wildman–Crippen MR) is 73.5 cm³/mol. The number of rotatable bonds is 2. The molecule has 0 unspecified atom stereocenters. The molecule has 0 atom stereocenters. The van der Waals surface area contributed by atoms with Crippen molar-refractivity contribution >= 4 is 11.8 Å².